The van der Waals surface area contributed by atoms with Crippen LogP contribution in [0.15, 0.2) is 170 Å². The van der Waals surface area contributed by atoms with Crippen molar-refractivity contribution in [2.24, 2.45) is 0 Å². The molecule has 2 aliphatic heterocycles. The van der Waals surface area contributed by atoms with Crippen molar-refractivity contribution in [3.8, 4) is 16.8 Å². The van der Waals surface area contributed by atoms with Crippen LogP contribution in [0.5, 0.6) is 0 Å². The lowest BCUT2D eigenvalue weighted by Gasteiger charge is -2.42. The minimum absolute atomic E-state index is 0.00684. The Morgan fingerprint density at radius 3 is 2.02 bits per heavy atom. The zero-order chi connectivity index (χ0) is 32.5. The summed E-state index contributed by atoms with van der Waals surface area (Å²) in [6.07, 6.45) is 2.26. The van der Waals surface area contributed by atoms with E-state index >= 15 is 0 Å². The summed E-state index contributed by atoms with van der Waals surface area (Å²) < 4.78 is 5.02. The first kappa shape index (κ1) is 26.4. The van der Waals surface area contributed by atoms with Crippen LogP contribution in [0.1, 0.15) is 0 Å². The Kier molecular flexibility index (Phi) is 5.05. The summed E-state index contributed by atoms with van der Waals surface area (Å²) in [5, 5.41) is 8.84. The van der Waals surface area contributed by atoms with Crippen molar-refractivity contribution in [3.05, 3.63) is 170 Å². The summed E-state index contributed by atoms with van der Waals surface area (Å²) in [6.45, 7) is -0.00684. The van der Waals surface area contributed by atoms with Gasteiger partial charge in [0.05, 0.1) is 22.6 Å². The first-order valence-electron chi connectivity index (χ1n) is 17.4. The third kappa shape index (κ3) is 3.26. The molecule has 0 radical (unpaired) electrons. The van der Waals surface area contributed by atoms with Gasteiger partial charge in [0, 0.05) is 55.4 Å². The number of hydrogen-bond acceptors (Lipinski definition) is 1. The molecule has 4 heteroatoms. The highest BCUT2D eigenvalue weighted by Crippen LogP contribution is 2.50. The van der Waals surface area contributed by atoms with Crippen LogP contribution in [-0.4, -0.2) is 15.9 Å². The molecule has 0 spiro atoms. The molecule has 0 atom stereocenters. The van der Waals surface area contributed by atoms with Crippen LogP contribution in [0.4, 0.5) is 17.1 Å². The Balaban J connectivity index is 1.34. The van der Waals surface area contributed by atoms with Crippen molar-refractivity contribution in [2.75, 3.05) is 4.90 Å². The number of aromatic nitrogens is 2. The van der Waals surface area contributed by atoms with E-state index in [1.807, 2.05) is 0 Å². The van der Waals surface area contributed by atoms with Gasteiger partial charge >= 0.3 is 6.85 Å². The number of para-hydroxylation sites is 3. The van der Waals surface area contributed by atoms with E-state index in [9.17, 15) is 0 Å². The van der Waals surface area contributed by atoms with Crippen LogP contribution in [-0.2, 0) is 0 Å². The highest BCUT2D eigenvalue weighted by atomic mass is 15.2. The molecule has 0 saturated heterocycles. The first-order valence-corrected chi connectivity index (χ1v) is 17.4. The normalized spacial score (nSPS) is 13.1. The summed E-state index contributed by atoms with van der Waals surface area (Å²) in [4.78, 5) is 2.61. The number of anilines is 3. The van der Waals surface area contributed by atoms with Crippen molar-refractivity contribution in [1.29, 1.82) is 0 Å². The van der Waals surface area contributed by atoms with Crippen LogP contribution in [0.2, 0.25) is 0 Å². The minimum atomic E-state index is -0.00684. The number of nitrogens with zero attached hydrogens (tertiary/aromatic N) is 3. The maximum atomic E-state index is 2.65. The van der Waals surface area contributed by atoms with Gasteiger partial charge in [0.15, 0.2) is 0 Å². The minimum Gasteiger partial charge on any atom is -0.375 e. The summed E-state index contributed by atoms with van der Waals surface area (Å²) in [7, 11) is 0. The van der Waals surface area contributed by atoms with Crippen LogP contribution >= 0.6 is 0 Å². The summed E-state index contributed by atoms with van der Waals surface area (Å²) >= 11 is 0. The van der Waals surface area contributed by atoms with E-state index in [0.29, 0.717) is 0 Å². The molecule has 12 rings (SSSR count). The van der Waals surface area contributed by atoms with E-state index in [2.05, 4.69) is 184 Å². The smallest absolute Gasteiger partial charge is 0.333 e. The van der Waals surface area contributed by atoms with Gasteiger partial charge in [-0.25, -0.2) is 0 Å². The zero-order valence-corrected chi connectivity index (χ0v) is 27.1. The van der Waals surface area contributed by atoms with E-state index in [4.69, 9.17) is 0 Å². The second kappa shape index (κ2) is 9.55. The lowest BCUT2D eigenvalue weighted by atomic mass is 9.44. The van der Waals surface area contributed by atoms with Gasteiger partial charge in [-0.15, -0.1) is 0 Å². The second-order valence-electron chi connectivity index (χ2n) is 13.7. The molecule has 4 heterocycles. The van der Waals surface area contributed by atoms with Gasteiger partial charge in [-0.3, -0.25) is 0 Å². The van der Waals surface area contributed by atoms with Crippen LogP contribution < -0.4 is 15.8 Å². The van der Waals surface area contributed by atoms with Gasteiger partial charge in [0.25, 0.3) is 0 Å². The molecule has 10 aromatic rings. The first-order chi connectivity index (χ1) is 24.8. The Morgan fingerprint density at radius 1 is 0.440 bits per heavy atom. The number of fused-ring (bicyclic) bond motifs is 12. The monoisotopic (exact) mass is 633 g/mol. The van der Waals surface area contributed by atoms with Crippen molar-refractivity contribution in [1.82, 2.24) is 9.05 Å². The Bertz CT molecular complexity index is 3050. The fourth-order valence-electron chi connectivity index (χ4n) is 9.29. The highest BCUT2D eigenvalue weighted by molar-refractivity contribution is 6.90. The van der Waals surface area contributed by atoms with Crippen LogP contribution in [0.25, 0.3) is 71.1 Å². The van der Waals surface area contributed by atoms with E-state index in [1.54, 1.807) is 0 Å². The van der Waals surface area contributed by atoms with Gasteiger partial charge in [0.1, 0.15) is 0 Å². The lowest BCUT2D eigenvalue weighted by Crippen LogP contribution is -2.56. The fraction of sp³-hybridized carbons (Fsp3) is 0. The van der Waals surface area contributed by atoms with Gasteiger partial charge < -0.3 is 13.9 Å². The van der Waals surface area contributed by atoms with Gasteiger partial charge in [0.2, 0.25) is 0 Å². The van der Waals surface area contributed by atoms with E-state index in [1.165, 1.54) is 93.4 Å². The molecule has 0 fully saturated rings. The molecule has 2 aromatic heterocycles. The van der Waals surface area contributed by atoms with Crippen LogP contribution in [0, 0.1) is 0 Å². The summed E-state index contributed by atoms with van der Waals surface area (Å²) in [6, 6.07) is 60.7. The van der Waals surface area contributed by atoms with Crippen molar-refractivity contribution >= 4 is 89.1 Å². The summed E-state index contributed by atoms with van der Waals surface area (Å²) in [5.41, 5.74) is 13.9. The average molecular weight is 634 g/mol. The molecular formula is C46H28BN3. The molecule has 2 aliphatic rings. The highest BCUT2D eigenvalue weighted by Gasteiger charge is 2.44. The molecule has 230 valence electrons. The number of hydrogen-bond donors (Lipinski definition) is 0. The van der Waals surface area contributed by atoms with Crippen molar-refractivity contribution < 1.29 is 0 Å². The lowest BCUT2D eigenvalue weighted by molar-refractivity contribution is 1.13. The predicted octanol–water partition coefficient (Wildman–Crippen LogP) is 10.5. The molecule has 50 heavy (non-hydrogen) atoms. The van der Waals surface area contributed by atoms with Gasteiger partial charge in [-0.2, -0.15) is 0 Å². The van der Waals surface area contributed by atoms with Crippen molar-refractivity contribution in [2.45, 2.75) is 0 Å². The molecule has 0 aliphatic carbocycles. The molecule has 8 aromatic carbocycles. The third-order valence-electron chi connectivity index (χ3n) is 11.3. The van der Waals surface area contributed by atoms with Gasteiger partial charge in [-0.1, -0.05) is 127 Å². The molecule has 0 N–H and O–H groups in total. The predicted molar refractivity (Wildman–Crippen MR) is 212 cm³/mol. The topological polar surface area (TPSA) is 13.1 Å². The van der Waals surface area contributed by atoms with E-state index < -0.39 is 0 Å². The molecule has 0 unspecified atom stereocenters. The largest absolute Gasteiger partial charge is 0.375 e. The third-order valence-corrected chi connectivity index (χ3v) is 11.3. The van der Waals surface area contributed by atoms with Gasteiger partial charge in [-0.05, 0) is 63.7 Å². The maximum absolute atomic E-state index is 2.65. The standard InChI is InChI=1S/C46H28BN3/c1-2-15-31(16-3-1)48-27-26-37-42(48)28-38-36-21-11-20-35-34-19-8-9-22-41(34)50(44(35)36)47-39-25-24-30-13-5-7-18-33(30)45(39)49(46(37)43(38)47)40-23-10-14-29-12-4-6-17-32(29)40/h1-28H. The number of benzene rings is 8. The molecule has 0 saturated carbocycles. The molecule has 0 amide bonds. The quantitative estimate of drug-likeness (QED) is 0.173. The van der Waals surface area contributed by atoms with Crippen LogP contribution in [0.3, 0.4) is 0 Å². The van der Waals surface area contributed by atoms with E-state index in [0.717, 1.165) is 5.69 Å². The molecule has 3 nitrogen and oxygen atoms in total. The second-order valence-corrected chi connectivity index (χ2v) is 13.7. The Hall–Kier alpha value is -6.52. The molecular weight excluding hydrogens is 605 g/mol. The SMILES string of the molecule is c1ccc(-n2ccc3c4c5c(cc32)-c2cccc3c6ccccc6n(c23)B5c2ccc3ccccc3c2N4c2cccc3ccccc23)cc1. The molecule has 0 bridgehead atoms. The maximum Gasteiger partial charge on any atom is 0.333 e. The Labute approximate surface area is 288 Å². The van der Waals surface area contributed by atoms with E-state index in [-0.39, 0.29) is 6.85 Å². The fourth-order valence-corrected chi connectivity index (χ4v) is 9.29. The Morgan fingerprint density at radius 2 is 1.14 bits per heavy atom. The van der Waals surface area contributed by atoms with Crippen molar-refractivity contribution in [3.63, 3.8) is 0 Å². The number of rotatable bonds is 2. The zero-order valence-electron chi connectivity index (χ0n) is 27.1. The summed E-state index contributed by atoms with van der Waals surface area (Å²) in [5.74, 6) is 0. The average Bonchev–Trinajstić information content (AvgIpc) is 3.76.